The molecule has 0 radical (unpaired) electrons. The molecular formula is C15H13F2NO. The quantitative estimate of drug-likeness (QED) is 0.904. The number of amides is 1. The minimum Gasteiger partial charge on any atom is -0.359 e. The Morgan fingerprint density at radius 1 is 1.11 bits per heavy atom. The van der Waals surface area contributed by atoms with Gasteiger partial charge in [0.05, 0.1) is 6.42 Å². The Balaban J connectivity index is 2.52. The molecule has 0 heterocycles. The molecular weight excluding hydrogens is 248 g/mol. The molecule has 0 unspecified atom stereocenters. The van der Waals surface area contributed by atoms with Crippen molar-refractivity contribution >= 4 is 5.91 Å². The fraction of sp³-hybridized carbons (Fsp3) is 0.133. The highest BCUT2D eigenvalue weighted by Gasteiger charge is 2.12. The first kappa shape index (κ1) is 13.2. The summed E-state index contributed by atoms with van der Waals surface area (Å²) in [5.74, 6) is -1.10. The van der Waals surface area contributed by atoms with E-state index >= 15 is 0 Å². The van der Waals surface area contributed by atoms with Crippen molar-refractivity contribution in [2.75, 3.05) is 7.05 Å². The zero-order valence-corrected chi connectivity index (χ0v) is 10.4. The van der Waals surface area contributed by atoms with Gasteiger partial charge in [-0.05, 0) is 29.3 Å². The maximum atomic E-state index is 13.8. The van der Waals surface area contributed by atoms with Gasteiger partial charge in [-0.2, -0.15) is 0 Å². The van der Waals surface area contributed by atoms with Gasteiger partial charge in [0.15, 0.2) is 0 Å². The molecule has 98 valence electrons. The van der Waals surface area contributed by atoms with Crippen LogP contribution in [0.5, 0.6) is 0 Å². The average Bonchev–Trinajstić information content (AvgIpc) is 2.41. The lowest BCUT2D eigenvalue weighted by Crippen LogP contribution is -2.20. The number of nitrogens with one attached hydrogen (secondary N) is 1. The molecule has 0 atom stereocenters. The lowest BCUT2D eigenvalue weighted by atomic mass is 9.97. The molecule has 0 aliphatic heterocycles. The van der Waals surface area contributed by atoms with E-state index in [9.17, 15) is 13.6 Å². The van der Waals surface area contributed by atoms with E-state index in [2.05, 4.69) is 5.32 Å². The van der Waals surface area contributed by atoms with Crippen LogP contribution in [0.2, 0.25) is 0 Å². The highest BCUT2D eigenvalue weighted by atomic mass is 19.1. The van der Waals surface area contributed by atoms with E-state index in [-0.39, 0.29) is 12.3 Å². The van der Waals surface area contributed by atoms with Gasteiger partial charge in [0.25, 0.3) is 0 Å². The van der Waals surface area contributed by atoms with Crippen LogP contribution in [-0.2, 0) is 11.2 Å². The Labute approximate surface area is 110 Å². The van der Waals surface area contributed by atoms with Crippen LogP contribution in [0.3, 0.4) is 0 Å². The number of likely N-dealkylation sites (N-methyl/N-ethyl adjacent to an activating group) is 1. The van der Waals surface area contributed by atoms with Crippen LogP contribution in [0, 0.1) is 11.6 Å². The summed E-state index contributed by atoms with van der Waals surface area (Å²) in [4.78, 5) is 11.4. The molecule has 0 aliphatic rings. The molecule has 2 nitrogen and oxygen atoms in total. The van der Waals surface area contributed by atoms with Gasteiger partial charge in [-0.3, -0.25) is 4.79 Å². The summed E-state index contributed by atoms with van der Waals surface area (Å²) in [7, 11) is 1.52. The number of carbonyl (C=O) groups is 1. The zero-order chi connectivity index (χ0) is 13.8. The lowest BCUT2D eigenvalue weighted by Gasteiger charge is -2.10. The Morgan fingerprint density at radius 3 is 2.53 bits per heavy atom. The van der Waals surface area contributed by atoms with Crippen LogP contribution in [0.4, 0.5) is 8.78 Å². The topological polar surface area (TPSA) is 29.1 Å². The minimum absolute atomic E-state index is 0.0838. The van der Waals surface area contributed by atoms with E-state index in [4.69, 9.17) is 0 Å². The fourth-order valence-corrected chi connectivity index (χ4v) is 1.89. The highest BCUT2D eigenvalue weighted by molar-refractivity contribution is 5.81. The SMILES string of the molecule is CNC(=O)Cc1ccc(F)cc1-c1ccccc1F. The summed E-state index contributed by atoms with van der Waals surface area (Å²) >= 11 is 0. The van der Waals surface area contributed by atoms with Crippen molar-refractivity contribution in [2.24, 2.45) is 0 Å². The van der Waals surface area contributed by atoms with Gasteiger partial charge < -0.3 is 5.32 Å². The van der Waals surface area contributed by atoms with E-state index in [1.165, 1.54) is 31.3 Å². The summed E-state index contributed by atoms with van der Waals surface area (Å²) in [6.07, 6.45) is 0.0838. The van der Waals surface area contributed by atoms with Gasteiger partial charge in [0.2, 0.25) is 5.91 Å². The molecule has 0 fully saturated rings. The van der Waals surface area contributed by atoms with Crippen molar-refractivity contribution in [3.63, 3.8) is 0 Å². The van der Waals surface area contributed by atoms with Crippen molar-refractivity contribution in [2.45, 2.75) is 6.42 Å². The van der Waals surface area contributed by atoms with E-state index in [1.54, 1.807) is 18.2 Å². The molecule has 1 N–H and O–H groups in total. The summed E-state index contributed by atoms with van der Waals surface area (Å²) in [5.41, 5.74) is 1.29. The molecule has 2 aromatic carbocycles. The maximum absolute atomic E-state index is 13.8. The standard InChI is InChI=1S/C15H13F2NO/c1-18-15(19)8-10-6-7-11(16)9-13(10)12-4-2-3-5-14(12)17/h2-7,9H,8H2,1H3,(H,18,19). The lowest BCUT2D eigenvalue weighted by molar-refractivity contribution is -0.119. The van der Waals surface area contributed by atoms with Crippen LogP contribution in [0.1, 0.15) is 5.56 Å². The Morgan fingerprint density at radius 2 is 1.84 bits per heavy atom. The van der Waals surface area contributed by atoms with Gasteiger partial charge in [-0.1, -0.05) is 24.3 Å². The predicted molar refractivity (Wildman–Crippen MR) is 69.6 cm³/mol. The smallest absolute Gasteiger partial charge is 0.224 e. The molecule has 0 saturated carbocycles. The number of rotatable bonds is 3. The van der Waals surface area contributed by atoms with Gasteiger partial charge in [-0.25, -0.2) is 8.78 Å². The van der Waals surface area contributed by atoms with E-state index < -0.39 is 11.6 Å². The zero-order valence-electron chi connectivity index (χ0n) is 10.4. The molecule has 2 aromatic rings. The third kappa shape index (κ3) is 2.96. The van der Waals surface area contributed by atoms with Gasteiger partial charge >= 0.3 is 0 Å². The average molecular weight is 261 g/mol. The Kier molecular flexibility index (Phi) is 3.90. The third-order valence-electron chi connectivity index (χ3n) is 2.87. The number of hydrogen-bond donors (Lipinski definition) is 1. The molecule has 4 heteroatoms. The summed E-state index contributed by atoms with van der Waals surface area (Å²) in [6.45, 7) is 0. The van der Waals surface area contributed by atoms with Gasteiger partial charge in [0.1, 0.15) is 11.6 Å². The highest BCUT2D eigenvalue weighted by Crippen LogP contribution is 2.27. The largest absolute Gasteiger partial charge is 0.359 e. The normalized spacial score (nSPS) is 10.3. The maximum Gasteiger partial charge on any atom is 0.224 e. The number of halogens is 2. The minimum atomic E-state index is -0.459. The molecule has 0 spiro atoms. The van der Waals surface area contributed by atoms with Gasteiger partial charge in [0, 0.05) is 12.6 Å². The summed E-state index contributed by atoms with van der Waals surface area (Å²) in [5, 5.41) is 2.49. The second-order valence-electron chi connectivity index (χ2n) is 4.13. The summed E-state index contributed by atoms with van der Waals surface area (Å²) < 4.78 is 27.1. The first-order valence-electron chi connectivity index (χ1n) is 5.85. The van der Waals surface area contributed by atoms with E-state index in [0.29, 0.717) is 16.7 Å². The second-order valence-corrected chi connectivity index (χ2v) is 4.13. The van der Waals surface area contributed by atoms with E-state index in [1.807, 2.05) is 0 Å². The Bertz CT molecular complexity index is 611. The van der Waals surface area contributed by atoms with Crippen LogP contribution >= 0.6 is 0 Å². The Hall–Kier alpha value is -2.23. The van der Waals surface area contributed by atoms with E-state index in [0.717, 1.165) is 0 Å². The van der Waals surface area contributed by atoms with Crippen molar-refractivity contribution < 1.29 is 13.6 Å². The van der Waals surface area contributed by atoms with Crippen molar-refractivity contribution in [3.05, 3.63) is 59.7 Å². The second kappa shape index (κ2) is 5.61. The van der Waals surface area contributed by atoms with Gasteiger partial charge in [-0.15, -0.1) is 0 Å². The molecule has 0 aromatic heterocycles. The molecule has 0 bridgehead atoms. The molecule has 1 amide bonds. The first-order chi connectivity index (χ1) is 9.11. The molecule has 19 heavy (non-hydrogen) atoms. The van der Waals surface area contributed by atoms with Crippen LogP contribution < -0.4 is 5.32 Å². The fourth-order valence-electron chi connectivity index (χ4n) is 1.89. The third-order valence-corrected chi connectivity index (χ3v) is 2.87. The monoisotopic (exact) mass is 261 g/mol. The van der Waals surface area contributed by atoms with Crippen LogP contribution in [-0.4, -0.2) is 13.0 Å². The predicted octanol–water partition coefficient (Wildman–Crippen LogP) is 2.92. The first-order valence-corrected chi connectivity index (χ1v) is 5.85. The molecule has 0 saturated heterocycles. The molecule has 2 rings (SSSR count). The van der Waals surface area contributed by atoms with Crippen LogP contribution in [0.25, 0.3) is 11.1 Å². The number of hydrogen-bond acceptors (Lipinski definition) is 1. The summed E-state index contributed by atoms with van der Waals surface area (Å²) in [6, 6.07) is 10.1. The van der Waals surface area contributed by atoms with Crippen molar-refractivity contribution in [1.82, 2.24) is 5.32 Å². The number of benzene rings is 2. The van der Waals surface area contributed by atoms with Crippen molar-refractivity contribution in [3.8, 4) is 11.1 Å². The molecule has 0 aliphatic carbocycles. The van der Waals surface area contributed by atoms with Crippen LogP contribution in [0.15, 0.2) is 42.5 Å². The van der Waals surface area contributed by atoms with Crippen molar-refractivity contribution in [1.29, 1.82) is 0 Å². The number of carbonyl (C=O) groups excluding carboxylic acids is 1.